The van der Waals surface area contributed by atoms with Gasteiger partial charge in [-0.2, -0.15) is 0 Å². The van der Waals surface area contributed by atoms with E-state index < -0.39 is 35.4 Å². The number of phenolic OH excluding ortho intramolecular Hbond substituents is 3. The maximum atomic E-state index is 13.2. The third kappa shape index (κ3) is 4.19. The SMILES string of the molecule is COc1cc(C(=O)O[C@@H]2Cc3ccccc3O[C@@H]2c2cc(O)c(O)c(O)c2)cc(OC)c1OC. The molecule has 0 saturated heterocycles. The second kappa shape index (κ2) is 9.30. The average molecular weight is 468 g/mol. The topological polar surface area (TPSA) is 124 Å². The molecule has 1 aliphatic rings. The highest BCUT2D eigenvalue weighted by Gasteiger charge is 2.36. The molecule has 9 nitrogen and oxygen atoms in total. The Labute approximate surface area is 195 Å². The fourth-order valence-corrected chi connectivity index (χ4v) is 3.90. The summed E-state index contributed by atoms with van der Waals surface area (Å²) < 4.78 is 27.9. The number of benzene rings is 3. The van der Waals surface area contributed by atoms with Crippen LogP contribution in [-0.4, -0.2) is 48.7 Å². The first kappa shape index (κ1) is 22.9. The standard InChI is InChI=1S/C25H24O9/c1-30-19-11-15(12-20(31-2)24(19)32-3)25(29)34-21-10-13-6-4-5-7-18(13)33-23(21)14-8-16(26)22(28)17(27)9-14/h4-9,11-12,21,23,26-28H,10H2,1-3H3/t21-,23-/m1/s1. The summed E-state index contributed by atoms with van der Waals surface area (Å²) in [4.78, 5) is 13.2. The minimum atomic E-state index is -0.863. The summed E-state index contributed by atoms with van der Waals surface area (Å²) in [7, 11) is 4.35. The van der Waals surface area contributed by atoms with Gasteiger partial charge in [0, 0.05) is 12.0 Å². The van der Waals surface area contributed by atoms with Crippen LogP contribution < -0.4 is 18.9 Å². The van der Waals surface area contributed by atoms with Crippen molar-refractivity contribution in [2.75, 3.05) is 21.3 Å². The monoisotopic (exact) mass is 468 g/mol. The van der Waals surface area contributed by atoms with E-state index in [1.807, 2.05) is 18.2 Å². The van der Waals surface area contributed by atoms with Crippen molar-refractivity contribution in [3.63, 3.8) is 0 Å². The maximum Gasteiger partial charge on any atom is 0.338 e. The number of aromatic hydroxyl groups is 3. The van der Waals surface area contributed by atoms with Crippen LogP contribution in [0, 0.1) is 0 Å². The summed E-state index contributed by atoms with van der Waals surface area (Å²) in [5.41, 5.74) is 1.32. The van der Waals surface area contributed by atoms with Crippen molar-refractivity contribution >= 4 is 5.97 Å². The van der Waals surface area contributed by atoms with E-state index in [4.69, 9.17) is 23.7 Å². The molecule has 0 spiro atoms. The summed E-state index contributed by atoms with van der Waals surface area (Å²) in [5.74, 6) is -0.841. The number of phenols is 3. The fraction of sp³-hybridized carbons (Fsp3) is 0.240. The molecule has 3 aromatic rings. The molecule has 0 saturated carbocycles. The van der Waals surface area contributed by atoms with Crippen LogP contribution in [0.4, 0.5) is 0 Å². The van der Waals surface area contributed by atoms with Crippen molar-refractivity contribution in [2.24, 2.45) is 0 Å². The molecular weight excluding hydrogens is 444 g/mol. The zero-order chi connectivity index (χ0) is 24.4. The number of para-hydroxylation sites is 1. The third-order valence-corrected chi connectivity index (χ3v) is 5.56. The molecule has 0 unspecified atom stereocenters. The van der Waals surface area contributed by atoms with Gasteiger partial charge < -0.3 is 39.0 Å². The molecule has 0 fully saturated rings. The number of carbonyl (C=O) groups is 1. The van der Waals surface area contributed by atoms with E-state index in [0.29, 0.717) is 35.0 Å². The molecule has 34 heavy (non-hydrogen) atoms. The second-order valence-corrected chi connectivity index (χ2v) is 7.62. The van der Waals surface area contributed by atoms with Gasteiger partial charge in [-0.25, -0.2) is 4.79 Å². The zero-order valence-electron chi connectivity index (χ0n) is 18.8. The summed E-state index contributed by atoms with van der Waals surface area (Å²) in [5, 5.41) is 29.7. The van der Waals surface area contributed by atoms with Gasteiger partial charge in [0.15, 0.2) is 34.9 Å². The van der Waals surface area contributed by atoms with E-state index in [9.17, 15) is 20.1 Å². The molecule has 9 heteroatoms. The van der Waals surface area contributed by atoms with Gasteiger partial charge in [0.25, 0.3) is 0 Å². The van der Waals surface area contributed by atoms with Crippen molar-refractivity contribution < 1.29 is 43.8 Å². The number of esters is 1. The van der Waals surface area contributed by atoms with Gasteiger partial charge in [-0.15, -0.1) is 0 Å². The predicted octanol–water partition coefficient (Wildman–Crippen LogP) is 3.73. The van der Waals surface area contributed by atoms with Gasteiger partial charge in [-0.3, -0.25) is 0 Å². The number of ether oxygens (including phenoxy) is 5. The van der Waals surface area contributed by atoms with E-state index in [1.54, 1.807) is 6.07 Å². The molecule has 2 atom stereocenters. The summed E-state index contributed by atoms with van der Waals surface area (Å²) in [6.07, 6.45) is -1.36. The van der Waals surface area contributed by atoms with Crippen LogP contribution in [0.25, 0.3) is 0 Å². The second-order valence-electron chi connectivity index (χ2n) is 7.62. The highest BCUT2D eigenvalue weighted by Crippen LogP contribution is 2.43. The smallest absolute Gasteiger partial charge is 0.338 e. The maximum absolute atomic E-state index is 13.2. The lowest BCUT2D eigenvalue weighted by atomic mass is 9.94. The van der Waals surface area contributed by atoms with Crippen LogP contribution in [0.2, 0.25) is 0 Å². The lowest BCUT2D eigenvalue weighted by Crippen LogP contribution is -2.34. The molecule has 0 amide bonds. The molecule has 0 radical (unpaired) electrons. The first-order valence-corrected chi connectivity index (χ1v) is 10.4. The minimum Gasteiger partial charge on any atom is -0.504 e. The molecule has 0 bridgehead atoms. The van der Waals surface area contributed by atoms with Gasteiger partial charge in [-0.05, 0) is 35.9 Å². The lowest BCUT2D eigenvalue weighted by molar-refractivity contribution is -0.0184. The largest absolute Gasteiger partial charge is 0.504 e. The number of rotatable bonds is 6. The first-order chi connectivity index (χ1) is 16.4. The Morgan fingerprint density at radius 2 is 1.53 bits per heavy atom. The lowest BCUT2D eigenvalue weighted by Gasteiger charge is -2.33. The number of hydrogen-bond acceptors (Lipinski definition) is 9. The van der Waals surface area contributed by atoms with Gasteiger partial charge >= 0.3 is 5.97 Å². The summed E-state index contributed by atoms with van der Waals surface area (Å²) in [6, 6.07) is 12.8. The normalized spacial score (nSPS) is 16.7. The van der Waals surface area contributed by atoms with Crippen LogP contribution in [0.5, 0.6) is 40.2 Å². The highest BCUT2D eigenvalue weighted by atomic mass is 16.6. The van der Waals surface area contributed by atoms with Crippen molar-refractivity contribution in [3.8, 4) is 40.2 Å². The number of methoxy groups -OCH3 is 3. The molecular formula is C25H24O9. The highest BCUT2D eigenvalue weighted by molar-refractivity contribution is 5.91. The van der Waals surface area contributed by atoms with Crippen LogP contribution in [0.1, 0.15) is 27.6 Å². The third-order valence-electron chi connectivity index (χ3n) is 5.56. The van der Waals surface area contributed by atoms with E-state index in [1.165, 1.54) is 45.6 Å². The van der Waals surface area contributed by atoms with Crippen molar-refractivity contribution in [1.82, 2.24) is 0 Å². The van der Waals surface area contributed by atoms with Crippen LogP contribution >= 0.6 is 0 Å². The van der Waals surface area contributed by atoms with Gasteiger partial charge in [-0.1, -0.05) is 18.2 Å². The Bertz CT molecular complexity index is 1170. The van der Waals surface area contributed by atoms with E-state index in [0.717, 1.165) is 5.56 Å². The van der Waals surface area contributed by atoms with Crippen molar-refractivity contribution in [1.29, 1.82) is 0 Å². The van der Waals surface area contributed by atoms with Crippen LogP contribution in [0.15, 0.2) is 48.5 Å². The Morgan fingerprint density at radius 3 is 2.12 bits per heavy atom. The molecule has 1 heterocycles. The quantitative estimate of drug-likeness (QED) is 0.367. The number of fused-ring (bicyclic) bond motifs is 1. The molecule has 3 N–H and O–H groups in total. The molecule has 4 rings (SSSR count). The van der Waals surface area contributed by atoms with Crippen molar-refractivity contribution in [3.05, 3.63) is 65.2 Å². The van der Waals surface area contributed by atoms with Gasteiger partial charge in [0.05, 0.1) is 26.9 Å². The number of carbonyl (C=O) groups excluding carboxylic acids is 1. The molecule has 0 aliphatic carbocycles. The molecule has 1 aliphatic heterocycles. The number of hydrogen-bond donors (Lipinski definition) is 3. The predicted molar refractivity (Wildman–Crippen MR) is 120 cm³/mol. The first-order valence-electron chi connectivity index (χ1n) is 10.4. The Hall–Kier alpha value is -4.27. The fourth-order valence-electron chi connectivity index (χ4n) is 3.90. The van der Waals surface area contributed by atoms with E-state index in [2.05, 4.69) is 0 Å². The van der Waals surface area contributed by atoms with E-state index >= 15 is 0 Å². The molecule has 3 aromatic carbocycles. The summed E-state index contributed by atoms with van der Waals surface area (Å²) >= 11 is 0. The van der Waals surface area contributed by atoms with E-state index in [-0.39, 0.29) is 5.56 Å². The van der Waals surface area contributed by atoms with Gasteiger partial charge in [0.1, 0.15) is 11.9 Å². The molecule has 178 valence electrons. The average Bonchev–Trinajstić information content (AvgIpc) is 2.85. The Kier molecular flexibility index (Phi) is 6.27. The minimum absolute atomic E-state index is 0.170. The van der Waals surface area contributed by atoms with Gasteiger partial charge in [0.2, 0.25) is 5.75 Å². The Balaban J connectivity index is 1.70. The van der Waals surface area contributed by atoms with Crippen molar-refractivity contribution in [2.45, 2.75) is 18.6 Å². The summed E-state index contributed by atoms with van der Waals surface area (Å²) in [6.45, 7) is 0. The Morgan fingerprint density at radius 1 is 0.912 bits per heavy atom. The zero-order valence-corrected chi connectivity index (χ0v) is 18.8. The molecule has 0 aromatic heterocycles. The van der Waals surface area contributed by atoms with Crippen LogP contribution in [0.3, 0.4) is 0 Å². The van der Waals surface area contributed by atoms with Crippen LogP contribution in [-0.2, 0) is 11.2 Å².